The van der Waals surface area contributed by atoms with Crippen LogP contribution in [0.5, 0.6) is 0 Å². The lowest BCUT2D eigenvalue weighted by atomic mass is 10.4. The van der Waals surface area contributed by atoms with E-state index in [1.165, 1.54) is 11.9 Å². The van der Waals surface area contributed by atoms with Gasteiger partial charge in [-0.15, -0.1) is 11.6 Å². The molecular weight excluding hydrogens is 146 g/mol. The van der Waals surface area contributed by atoms with Crippen molar-refractivity contribution < 1.29 is 4.79 Å². The highest BCUT2D eigenvalue weighted by atomic mass is 35.5. The van der Waals surface area contributed by atoms with E-state index < -0.39 is 0 Å². The summed E-state index contributed by atoms with van der Waals surface area (Å²) in [7, 11) is 1.73. The number of rotatable bonds is 0. The summed E-state index contributed by atoms with van der Waals surface area (Å²) in [6.07, 6.45) is 0. The number of amides is 1. The second-order valence-corrected chi connectivity index (χ2v) is 3.27. The second kappa shape index (κ2) is 2.15. The minimum absolute atomic E-state index is 0.0247. The Morgan fingerprint density at radius 3 is 2.75 bits per heavy atom. The molecule has 0 aromatic carbocycles. The maximum atomic E-state index is 10.7. The Kier molecular flexibility index (Phi) is 1.68. The zero-order valence-electron chi connectivity index (χ0n) is 4.43. The normalized spacial score (nSPS) is 29.5. The third-order valence-electron chi connectivity index (χ3n) is 0.993. The van der Waals surface area contributed by atoms with Gasteiger partial charge in [0.2, 0.25) is 0 Å². The van der Waals surface area contributed by atoms with Crippen molar-refractivity contribution in [2.75, 3.05) is 12.8 Å². The highest BCUT2D eigenvalue weighted by Gasteiger charge is 2.27. The first-order valence-electron chi connectivity index (χ1n) is 2.26. The number of alkyl halides is 1. The van der Waals surface area contributed by atoms with Gasteiger partial charge in [-0.3, -0.25) is 9.10 Å². The van der Waals surface area contributed by atoms with Crippen LogP contribution in [0.3, 0.4) is 0 Å². The number of nitrogens with zero attached hydrogens (tertiary/aromatic N) is 1. The van der Waals surface area contributed by atoms with E-state index in [1.807, 2.05) is 0 Å². The van der Waals surface area contributed by atoms with Gasteiger partial charge in [0.15, 0.2) is 0 Å². The fraction of sp³-hybridized carbons (Fsp3) is 0.750. The Bertz CT molecular complexity index is 107. The standard InChI is InChI=1S/C4H6ClNOS/c1-6-4(7)3(5)2-8-6/h3H,2H2,1H3. The summed E-state index contributed by atoms with van der Waals surface area (Å²) in [5.74, 6) is 0.744. The first kappa shape index (κ1) is 6.23. The summed E-state index contributed by atoms with van der Waals surface area (Å²) in [4.78, 5) is 10.7. The topological polar surface area (TPSA) is 20.3 Å². The van der Waals surface area contributed by atoms with E-state index in [0.29, 0.717) is 0 Å². The van der Waals surface area contributed by atoms with Crippen LogP contribution < -0.4 is 0 Å². The molecule has 8 heavy (non-hydrogen) atoms. The summed E-state index contributed by atoms with van der Waals surface area (Å²) in [5, 5.41) is -0.287. The highest BCUT2D eigenvalue weighted by molar-refractivity contribution is 7.98. The lowest BCUT2D eigenvalue weighted by Gasteiger charge is -2.02. The summed E-state index contributed by atoms with van der Waals surface area (Å²) in [6, 6.07) is 0. The Labute approximate surface area is 57.3 Å². The Hall–Kier alpha value is 0.110. The van der Waals surface area contributed by atoms with E-state index in [1.54, 1.807) is 11.4 Å². The molecule has 0 aliphatic carbocycles. The molecule has 1 saturated heterocycles. The van der Waals surface area contributed by atoms with Gasteiger partial charge in [-0.2, -0.15) is 0 Å². The van der Waals surface area contributed by atoms with Crippen molar-refractivity contribution in [1.29, 1.82) is 0 Å². The zero-order chi connectivity index (χ0) is 6.15. The van der Waals surface area contributed by atoms with Crippen molar-refractivity contribution in [3.63, 3.8) is 0 Å². The lowest BCUT2D eigenvalue weighted by Crippen LogP contribution is -2.19. The quantitative estimate of drug-likeness (QED) is 0.376. The molecule has 0 bridgehead atoms. The monoisotopic (exact) mass is 151 g/mol. The van der Waals surface area contributed by atoms with Gasteiger partial charge in [0.25, 0.3) is 5.91 Å². The number of carbonyl (C=O) groups is 1. The predicted molar refractivity (Wildman–Crippen MR) is 34.9 cm³/mol. The van der Waals surface area contributed by atoms with E-state index in [2.05, 4.69) is 0 Å². The SMILES string of the molecule is CN1SCC(Cl)C1=O. The van der Waals surface area contributed by atoms with Crippen LogP contribution in [-0.2, 0) is 4.79 Å². The molecule has 4 heteroatoms. The maximum absolute atomic E-state index is 10.7. The average molecular weight is 152 g/mol. The largest absolute Gasteiger partial charge is 0.288 e. The van der Waals surface area contributed by atoms with Crippen molar-refractivity contribution >= 4 is 29.5 Å². The van der Waals surface area contributed by atoms with Crippen molar-refractivity contribution in [2.45, 2.75) is 5.38 Å². The third kappa shape index (κ3) is 0.928. The summed E-state index contributed by atoms with van der Waals surface area (Å²) in [5.41, 5.74) is 0. The van der Waals surface area contributed by atoms with Crippen LogP contribution in [0.4, 0.5) is 0 Å². The van der Waals surface area contributed by atoms with Gasteiger partial charge in [-0.1, -0.05) is 0 Å². The first-order chi connectivity index (χ1) is 3.72. The van der Waals surface area contributed by atoms with Crippen LogP contribution in [0, 0.1) is 0 Å². The van der Waals surface area contributed by atoms with Crippen LogP contribution in [0.2, 0.25) is 0 Å². The molecule has 0 spiro atoms. The molecule has 0 radical (unpaired) electrons. The third-order valence-corrected chi connectivity index (χ3v) is 2.57. The number of halogens is 1. The molecule has 0 N–H and O–H groups in total. The van der Waals surface area contributed by atoms with Crippen LogP contribution in [-0.4, -0.2) is 28.4 Å². The highest BCUT2D eigenvalue weighted by Crippen LogP contribution is 2.22. The van der Waals surface area contributed by atoms with E-state index in [-0.39, 0.29) is 11.3 Å². The minimum atomic E-state index is -0.287. The fourth-order valence-electron chi connectivity index (χ4n) is 0.509. The average Bonchev–Trinajstić information content (AvgIpc) is 1.98. The smallest absolute Gasteiger partial charge is 0.251 e. The van der Waals surface area contributed by atoms with Gasteiger partial charge in [0.1, 0.15) is 5.38 Å². The molecule has 0 saturated carbocycles. The number of hydrogen-bond donors (Lipinski definition) is 0. The lowest BCUT2D eigenvalue weighted by molar-refractivity contribution is -0.123. The Balaban J connectivity index is 2.57. The summed E-state index contributed by atoms with van der Waals surface area (Å²) in [6.45, 7) is 0. The Morgan fingerprint density at radius 2 is 2.62 bits per heavy atom. The van der Waals surface area contributed by atoms with E-state index in [9.17, 15) is 4.79 Å². The van der Waals surface area contributed by atoms with Crippen molar-refractivity contribution in [1.82, 2.24) is 4.31 Å². The molecule has 0 aromatic heterocycles. The van der Waals surface area contributed by atoms with Crippen molar-refractivity contribution in [3.8, 4) is 0 Å². The van der Waals surface area contributed by atoms with E-state index in [4.69, 9.17) is 11.6 Å². The molecule has 1 fully saturated rings. The molecule has 1 amide bonds. The molecule has 1 aliphatic rings. The molecule has 1 aliphatic heterocycles. The van der Waals surface area contributed by atoms with Crippen LogP contribution in [0.25, 0.3) is 0 Å². The molecular formula is C4H6ClNOS. The van der Waals surface area contributed by atoms with Gasteiger partial charge in [-0.25, -0.2) is 0 Å². The predicted octanol–water partition coefficient (Wildman–Crippen LogP) is 0.714. The van der Waals surface area contributed by atoms with Gasteiger partial charge >= 0.3 is 0 Å². The maximum Gasteiger partial charge on any atom is 0.251 e. The molecule has 0 aromatic rings. The molecule has 1 heterocycles. The molecule has 1 atom stereocenters. The molecule has 1 unspecified atom stereocenters. The van der Waals surface area contributed by atoms with Gasteiger partial charge in [-0.05, 0) is 11.9 Å². The van der Waals surface area contributed by atoms with Crippen LogP contribution in [0.1, 0.15) is 0 Å². The minimum Gasteiger partial charge on any atom is -0.288 e. The Morgan fingerprint density at radius 1 is 2.00 bits per heavy atom. The first-order valence-corrected chi connectivity index (χ1v) is 3.64. The van der Waals surface area contributed by atoms with Crippen molar-refractivity contribution in [2.24, 2.45) is 0 Å². The van der Waals surface area contributed by atoms with Crippen LogP contribution >= 0.6 is 23.5 Å². The number of hydrogen-bond acceptors (Lipinski definition) is 2. The zero-order valence-corrected chi connectivity index (χ0v) is 6.00. The molecule has 46 valence electrons. The van der Waals surface area contributed by atoms with E-state index in [0.717, 1.165) is 5.75 Å². The van der Waals surface area contributed by atoms with Gasteiger partial charge in [0.05, 0.1) is 0 Å². The van der Waals surface area contributed by atoms with Gasteiger partial charge < -0.3 is 0 Å². The van der Waals surface area contributed by atoms with Crippen molar-refractivity contribution in [3.05, 3.63) is 0 Å². The summed E-state index contributed by atoms with van der Waals surface area (Å²) < 4.78 is 1.57. The summed E-state index contributed by atoms with van der Waals surface area (Å²) >= 11 is 7.01. The molecule has 2 nitrogen and oxygen atoms in total. The van der Waals surface area contributed by atoms with Crippen LogP contribution in [0.15, 0.2) is 0 Å². The van der Waals surface area contributed by atoms with E-state index >= 15 is 0 Å². The molecule has 1 rings (SSSR count). The van der Waals surface area contributed by atoms with Gasteiger partial charge in [0, 0.05) is 12.8 Å². The number of carbonyl (C=O) groups excluding carboxylic acids is 1. The second-order valence-electron chi connectivity index (χ2n) is 1.60. The fourth-order valence-corrected chi connectivity index (χ4v) is 1.63.